The number of hydrogen-bond acceptors (Lipinski definition) is 4. The number of hydrogen-bond donors (Lipinski definition) is 2. The zero-order chi connectivity index (χ0) is 18.1. The number of benzene rings is 2. The average molecular weight is 349 g/mol. The summed E-state index contributed by atoms with van der Waals surface area (Å²) in [5, 5.41) is 17.4. The molecule has 26 heavy (non-hydrogen) atoms. The number of carbonyl (C=O) groups is 1. The Morgan fingerprint density at radius 1 is 1.23 bits per heavy atom. The second kappa shape index (κ2) is 6.65. The van der Waals surface area contributed by atoms with Gasteiger partial charge in [-0.2, -0.15) is 5.10 Å². The minimum absolute atomic E-state index is 0.287. The lowest BCUT2D eigenvalue weighted by Crippen LogP contribution is -2.34. The molecule has 0 fully saturated rings. The third-order valence-corrected chi connectivity index (χ3v) is 4.53. The van der Waals surface area contributed by atoms with Crippen molar-refractivity contribution in [3.63, 3.8) is 0 Å². The molecule has 0 saturated heterocycles. The molecule has 0 radical (unpaired) electrons. The van der Waals surface area contributed by atoms with Gasteiger partial charge in [-0.25, -0.2) is 0 Å². The van der Waals surface area contributed by atoms with Gasteiger partial charge in [-0.05, 0) is 23.3 Å². The van der Waals surface area contributed by atoms with Gasteiger partial charge in [-0.15, -0.1) is 0 Å². The number of aliphatic hydroxyl groups is 1. The molecule has 4 rings (SSSR count). The van der Waals surface area contributed by atoms with Crippen molar-refractivity contribution in [1.82, 2.24) is 15.1 Å². The van der Waals surface area contributed by atoms with Gasteiger partial charge in [0.05, 0.1) is 30.1 Å². The number of ether oxygens (including phenoxy) is 1. The number of fused-ring (bicyclic) bond motifs is 1. The molecule has 132 valence electrons. The van der Waals surface area contributed by atoms with Crippen LogP contribution in [-0.2, 0) is 13.5 Å². The Balaban J connectivity index is 1.57. The Hall–Kier alpha value is -3.12. The lowest BCUT2D eigenvalue weighted by atomic mass is 10.1. The third kappa shape index (κ3) is 3.07. The van der Waals surface area contributed by atoms with E-state index in [1.165, 1.54) is 0 Å². The number of rotatable bonds is 4. The predicted octanol–water partition coefficient (Wildman–Crippen LogP) is 2.60. The fourth-order valence-electron chi connectivity index (χ4n) is 3.29. The van der Waals surface area contributed by atoms with E-state index in [0.717, 1.165) is 11.1 Å². The molecule has 0 saturated carbocycles. The summed E-state index contributed by atoms with van der Waals surface area (Å²) in [4.78, 5) is 12.8. The summed E-state index contributed by atoms with van der Waals surface area (Å²) in [6.45, 7) is 0. The van der Waals surface area contributed by atoms with Crippen molar-refractivity contribution in [1.29, 1.82) is 0 Å². The topological polar surface area (TPSA) is 76.4 Å². The highest BCUT2D eigenvalue weighted by atomic mass is 16.5. The maximum Gasteiger partial charge on any atom is 0.255 e. The van der Waals surface area contributed by atoms with E-state index in [4.69, 9.17) is 4.74 Å². The molecule has 1 aromatic heterocycles. The lowest BCUT2D eigenvalue weighted by Gasteiger charge is -2.19. The van der Waals surface area contributed by atoms with Gasteiger partial charge < -0.3 is 15.2 Å². The first kappa shape index (κ1) is 16.4. The quantitative estimate of drug-likeness (QED) is 0.759. The summed E-state index contributed by atoms with van der Waals surface area (Å²) in [6, 6.07) is 14.4. The van der Waals surface area contributed by atoms with Gasteiger partial charge in [-0.1, -0.05) is 36.4 Å². The molecule has 3 aromatic rings. The highest BCUT2D eigenvalue weighted by Gasteiger charge is 2.32. The smallest absolute Gasteiger partial charge is 0.255 e. The molecule has 6 nitrogen and oxygen atoms in total. The van der Waals surface area contributed by atoms with Crippen molar-refractivity contribution < 1.29 is 14.6 Å². The molecule has 1 heterocycles. The molecule has 2 aromatic carbocycles. The molecule has 1 amide bonds. The second-order valence-electron chi connectivity index (χ2n) is 6.37. The predicted molar refractivity (Wildman–Crippen MR) is 96.1 cm³/mol. The Labute approximate surface area is 151 Å². The first-order valence-electron chi connectivity index (χ1n) is 8.44. The van der Waals surface area contributed by atoms with Crippen LogP contribution < -0.4 is 10.1 Å². The standard InChI is InChI=1S/C20H19N3O3/c1-23-12-14(11-21-23)26-18-9-5-4-8-16(18)20(25)22-19-15-7-3-2-6-13(15)10-17(19)24/h2-9,11-12,17,19,24H,10H2,1H3,(H,22,25)/t17-,19+/m0/s1. The number of aromatic nitrogens is 2. The number of para-hydroxylation sites is 1. The molecule has 1 aliphatic carbocycles. The van der Waals surface area contributed by atoms with Gasteiger partial charge in [-0.3, -0.25) is 9.48 Å². The Morgan fingerprint density at radius 2 is 2.00 bits per heavy atom. The van der Waals surface area contributed by atoms with Crippen LogP contribution in [0.4, 0.5) is 0 Å². The SMILES string of the molecule is Cn1cc(Oc2ccccc2C(=O)N[C@@H]2c3ccccc3C[C@@H]2O)cn1. The highest BCUT2D eigenvalue weighted by Crippen LogP contribution is 2.32. The Kier molecular flexibility index (Phi) is 4.18. The lowest BCUT2D eigenvalue weighted by molar-refractivity contribution is 0.0856. The molecule has 0 bridgehead atoms. The number of aryl methyl sites for hydroxylation is 1. The normalized spacial score (nSPS) is 18.4. The van der Waals surface area contributed by atoms with E-state index < -0.39 is 12.1 Å². The van der Waals surface area contributed by atoms with Crippen LogP contribution in [-0.4, -0.2) is 26.9 Å². The molecule has 1 aliphatic rings. The first-order valence-corrected chi connectivity index (χ1v) is 8.44. The van der Waals surface area contributed by atoms with Gasteiger partial charge >= 0.3 is 0 Å². The fraction of sp³-hybridized carbons (Fsp3) is 0.200. The molecule has 2 N–H and O–H groups in total. The monoisotopic (exact) mass is 349 g/mol. The van der Waals surface area contributed by atoms with E-state index in [9.17, 15) is 9.90 Å². The first-order chi connectivity index (χ1) is 12.6. The van der Waals surface area contributed by atoms with Crippen LogP contribution in [0.15, 0.2) is 60.9 Å². The zero-order valence-electron chi connectivity index (χ0n) is 14.3. The van der Waals surface area contributed by atoms with Crippen LogP contribution in [0.2, 0.25) is 0 Å². The minimum Gasteiger partial charge on any atom is -0.453 e. The van der Waals surface area contributed by atoms with Crippen LogP contribution in [0, 0.1) is 0 Å². The summed E-state index contributed by atoms with van der Waals surface area (Å²) in [6.07, 6.45) is 3.22. The zero-order valence-corrected chi connectivity index (χ0v) is 14.3. The minimum atomic E-state index is -0.636. The molecule has 0 unspecified atom stereocenters. The summed E-state index contributed by atoms with van der Waals surface area (Å²) >= 11 is 0. The van der Waals surface area contributed by atoms with Crippen molar-refractivity contribution in [3.05, 3.63) is 77.6 Å². The largest absolute Gasteiger partial charge is 0.453 e. The van der Waals surface area contributed by atoms with Crippen molar-refractivity contribution in [2.75, 3.05) is 0 Å². The molecule has 2 atom stereocenters. The summed E-state index contributed by atoms with van der Waals surface area (Å²) in [5.41, 5.74) is 2.43. The fourth-order valence-corrected chi connectivity index (χ4v) is 3.29. The van der Waals surface area contributed by atoms with Gasteiger partial charge in [0.15, 0.2) is 5.75 Å². The third-order valence-electron chi connectivity index (χ3n) is 4.53. The van der Waals surface area contributed by atoms with Crippen LogP contribution >= 0.6 is 0 Å². The number of nitrogens with one attached hydrogen (secondary N) is 1. The molecule has 0 spiro atoms. The second-order valence-corrected chi connectivity index (χ2v) is 6.37. The Bertz CT molecular complexity index is 951. The van der Waals surface area contributed by atoms with Gasteiger partial charge in [0.2, 0.25) is 0 Å². The van der Waals surface area contributed by atoms with Gasteiger partial charge in [0, 0.05) is 13.5 Å². The number of carbonyl (C=O) groups excluding carboxylic acids is 1. The maximum atomic E-state index is 12.8. The van der Waals surface area contributed by atoms with Crippen molar-refractivity contribution in [3.8, 4) is 11.5 Å². The highest BCUT2D eigenvalue weighted by molar-refractivity contribution is 5.97. The van der Waals surface area contributed by atoms with Crippen LogP contribution in [0.3, 0.4) is 0 Å². The van der Waals surface area contributed by atoms with E-state index in [2.05, 4.69) is 10.4 Å². The molecular weight excluding hydrogens is 330 g/mol. The number of nitrogens with zero attached hydrogens (tertiary/aromatic N) is 2. The van der Waals surface area contributed by atoms with Crippen LogP contribution in [0.25, 0.3) is 0 Å². The van der Waals surface area contributed by atoms with Crippen molar-refractivity contribution in [2.45, 2.75) is 18.6 Å². The van der Waals surface area contributed by atoms with E-state index in [-0.39, 0.29) is 5.91 Å². The van der Waals surface area contributed by atoms with E-state index in [1.54, 1.807) is 42.3 Å². The Morgan fingerprint density at radius 3 is 2.81 bits per heavy atom. The summed E-state index contributed by atoms with van der Waals surface area (Å²) in [7, 11) is 1.80. The van der Waals surface area contributed by atoms with E-state index >= 15 is 0 Å². The van der Waals surface area contributed by atoms with E-state index in [0.29, 0.717) is 23.5 Å². The van der Waals surface area contributed by atoms with Crippen molar-refractivity contribution in [2.24, 2.45) is 7.05 Å². The van der Waals surface area contributed by atoms with E-state index in [1.807, 2.05) is 30.3 Å². The van der Waals surface area contributed by atoms with Crippen molar-refractivity contribution >= 4 is 5.91 Å². The van der Waals surface area contributed by atoms with Crippen LogP contribution in [0.5, 0.6) is 11.5 Å². The molecule has 6 heteroatoms. The summed E-state index contributed by atoms with van der Waals surface area (Å²) < 4.78 is 7.43. The average Bonchev–Trinajstić information content (AvgIpc) is 3.18. The number of aliphatic hydroxyl groups excluding tert-OH is 1. The maximum absolute atomic E-state index is 12.8. The van der Waals surface area contributed by atoms with Gasteiger partial charge in [0.1, 0.15) is 5.75 Å². The molecule has 0 aliphatic heterocycles. The number of amides is 1. The van der Waals surface area contributed by atoms with Crippen LogP contribution in [0.1, 0.15) is 27.5 Å². The van der Waals surface area contributed by atoms with Gasteiger partial charge in [0.25, 0.3) is 5.91 Å². The molecular formula is C20H19N3O3. The summed E-state index contributed by atoms with van der Waals surface area (Å²) in [5.74, 6) is 0.711.